The van der Waals surface area contributed by atoms with Crippen LogP contribution in [-0.4, -0.2) is 20.0 Å². The zero-order valence-corrected chi connectivity index (χ0v) is 16.1. The van der Waals surface area contributed by atoms with E-state index in [0.717, 1.165) is 4.57 Å². The predicted octanol–water partition coefficient (Wildman–Crippen LogP) is 2.99. The SMILES string of the molecule is Cn1c(=O)c2cc(C(=O)Nc3ccc(Cl)cc3)cnc2n(-c2ccccc2)c1=O. The quantitative estimate of drug-likeness (QED) is 0.566. The van der Waals surface area contributed by atoms with Crippen molar-refractivity contribution in [1.82, 2.24) is 14.1 Å². The average molecular weight is 407 g/mol. The number of rotatable bonds is 3. The number of hydrogen-bond acceptors (Lipinski definition) is 4. The van der Waals surface area contributed by atoms with E-state index in [1.807, 2.05) is 6.07 Å². The molecule has 0 atom stereocenters. The van der Waals surface area contributed by atoms with Gasteiger partial charge in [-0.25, -0.2) is 14.3 Å². The molecule has 2 aromatic heterocycles. The van der Waals surface area contributed by atoms with Crippen molar-refractivity contribution in [1.29, 1.82) is 0 Å². The van der Waals surface area contributed by atoms with Crippen molar-refractivity contribution >= 4 is 34.2 Å². The number of pyridine rings is 1. The minimum Gasteiger partial charge on any atom is -0.322 e. The van der Waals surface area contributed by atoms with Crippen LogP contribution in [0.15, 0.2) is 76.4 Å². The maximum Gasteiger partial charge on any atom is 0.337 e. The van der Waals surface area contributed by atoms with Crippen LogP contribution in [0, 0.1) is 0 Å². The van der Waals surface area contributed by atoms with Crippen LogP contribution in [0.1, 0.15) is 10.4 Å². The number of anilines is 1. The third-order valence-corrected chi connectivity index (χ3v) is 4.72. The Kier molecular flexibility index (Phi) is 4.74. The number of hydrogen-bond donors (Lipinski definition) is 1. The first-order valence-corrected chi connectivity index (χ1v) is 9.07. The first-order valence-electron chi connectivity index (χ1n) is 8.70. The summed E-state index contributed by atoms with van der Waals surface area (Å²) in [6, 6.07) is 17.0. The molecular formula is C21H15ClN4O3. The average Bonchev–Trinajstić information content (AvgIpc) is 2.74. The van der Waals surface area contributed by atoms with Gasteiger partial charge in [0, 0.05) is 24.0 Å². The van der Waals surface area contributed by atoms with E-state index in [4.69, 9.17) is 11.6 Å². The van der Waals surface area contributed by atoms with Crippen molar-refractivity contribution in [2.24, 2.45) is 7.05 Å². The Hall–Kier alpha value is -3.71. The molecule has 4 rings (SSSR count). The number of halogens is 1. The first-order chi connectivity index (χ1) is 14.0. The lowest BCUT2D eigenvalue weighted by Crippen LogP contribution is -2.38. The molecule has 2 heterocycles. The van der Waals surface area contributed by atoms with Crippen LogP contribution < -0.4 is 16.6 Å². The summed E-state index contributed by atoms with van der Waals surface area (Å²) in [6.07, 6.45) is 1.34. The minimum absolute atomic E-state index is 0.166. The summed E-state index contributed by atoms with van der Waals surface area (Å²) in [4.78, 5) is 42.2. The molecule has 1 amide bonds. The molecule has 2 aromatic carbocycles. The molecule has 0 fully saturated rings. The molecule has 29 heavy (non-hydrogen) atoms. The molecule has 0 aliphatic carbocycles. The zero-order valence-electron chi connectivity index (χ0n) is 15.3. The lowest BCUT2D eigenvalue weighted by atomic mass is 10.2. The van der Waals surface area contributed by atoms with Crippen molar-refractivity contribution in [3.8, 4) is 5.69 Å². The first kappa shape index (κ1) is 18.6. The normalized spacial score (nSPS) is 10.8. The third kappa shape index (κ3) is 3.43. The van der Waals surface area contributed by atoms with Crippen molar-refractivity contribution < 1.29 is 4.79 Å². The molecule has 0 unspecified atom stereocenters. The summed E-state index contributed by atoms with van der Waals surface area (Å²) < 4.78 is 2.34. The van der Waals surface area contributed by atoms with Gasteiger partial charge in [-0.3, -0.25) is 14.2 Å². The standard InChI is InChI=1S/C21H15ClN4O3/c1-25-20(28)17-11-13(19(27)24-15-9-7-14(22)8-10-15)12-23-18(17)26(21(25)29)16-5-3-2-4-6-16/h2-12H,1H3,(H,24,27). The molecular weight excluding hydrogens is 392 g/mol. The van der Waals surface area contributed by atoms with Crippen molar-refractivity contribution in [2.45, 2.75) is 0 Å². The van der Waals surface area contributed by atoms with Crippen LogP contribution in [0.3, 0.4) is 0 Å². The van der Waals surface area contributed by atoms with Gasteiger partial charge in [0.2, 0.25) is 0 Å². The topological polar surface area (TPSA) is 86.0 Å². The molecule has 0 aliphatic heterocycles. The monoisotopic (exact) mass is 406 g/mol. The van der Waals surface area contributed by atoms with Crippen LogP contribution in [-0.2, 0) is 7.05 Å². The Morgan fingerprint density at radius 3 is 2.41 bits per heavy atom. The summed E-state index contributed by atoms with van der Waals surface area (Å²) >= 11 is 5.85. The molecule has 0 aliphatic rings. The second-order valence-corrected chi connectivity index (χ2v) is 6.81. The van der Waals surface area contributed by atoms with Gasteiger partial charge in [-0.15, -0.1) is 0 Å². The van der Waals surface area contributed by atoms with E-state index in [2.05, 4.69) is 10.3 Å². The van der Waals surface area contributed by atoms with Gasteiger partial charge < -0.3 is 5.32 Å². The molecule has 0 radical (unpaired) electrons. The predicted molar refractivity (Wildman–Crippen MR) is 112 cm³/mol. The second kappa shape index (κ2) is 7.37. The van der Waals surface area contributed by atoms with Crippen molar-refractivity contribution in [3.63, 3.8) is 0 Å². The lowest BCUT2D eigenvalue weighted by molar-refractivity contribution is 0.102. The highest BCUT2D eigenvalue weighted by molar-refractivity contribution is 6.30. The molecule has 144 valence electrons. The van der Waals surface area contributed by atoms with Gasteiger partial charge in [0.15, 0.2) is 5.65 Å². The van der Waals surface area contributed by atoms with Gasteiger partial charge in [-0.2, -0.15) is 0 Å². The number of carbonyl (C=O) groups excluding carboxylic acids is 1. The highest BCUT2D eigenvalue weighted by atomic mass is 35.5. The van der Waals surface area contributed by atoms with Crippen LogP contribution >= 0.6 is 11.6 Å². The molecule has 8 heteroatoms. The summed E-state index contributed by atoms with van der Waals surface area (Å²) in [5.74, 6) is -0.429. The van der Waals surface area contributed by atoms with E-state index >= 15 is 0 Å². The minimum atomic E-state index is -0.522. The van der Waals surface area contributed by atoms with Crippen LogP contribution in [0.5, 0.6) is 0 Å². The lowest BCUT2D eigenvalue weighted by Gasteiger charge is -2.12. The van der Waals surface area contributed by atoms with E-state index in [0.29, 0.717) is 16.4 Å². The Bertz CT molecular complexity index is 1340. The maximum absolute atomic E-state index is 12.7. The van der Waals surface area contributed by atoms with Gasteiger partial charge in [-0.05, 0) is 42.5 Å². The fourth-order valence-electron chi connectivity index (χ4n) is 2.97. The zero-order chi connectivity index (χ0) is 20.5. The number of nitrogens with one attached hydrogen (secondary N) is 1. The van der Waals surface area contributed by atoms with Gasteiger partial charge in [0.05, 0.1) is 16.6 Å². The Morgan fingerprint density at radius 1 is 1.03 bits per heavy atom. The number of aromatic nitrogens is 3. The largest absolute Gasteiger partial charge is 0.337 e. The molecule has 1 N–H and O–H groups in total. The number of benzene rings is 2. The highest BCUT2D eigenvalue weighted by Gasteiger charge is 2.16. The third-order valence-electron chi connectivity index (χ3n) is 4.47. The molecule has 0 saturated heterocycles. The van der Waals surface area contributed by atoms with Gasteiger partial charge in [0.1, 0.15) is 0 Å². The number of carbonyl (C=O) groups is 1. The van der Waals surface area contributed by atoms with Crippen molar-refractivity contribution in [3.05, 3.63) is 98.3 Å². The number of amides is 1. The molecule has 7 nitrogen and oxygen atoms in total. The van der Waals surface area contributed by atoms with E-state index in [1.54, 1.807) is 48.5 Å². The number of fused-ring (bicyclic) bond motifs is 1. The summed E-state index contributed by atoms with van der Waals surface area (Å²) in [7, 11) is 1.39. The van der Waals surface area contributed by atoms with Crippen LogP contribution in [0.2, 0.25) is 5.02 Å². The molecule has 0 bridgehead atoms. The molecule has 4 aromatic rings. The van der Waals surface area contributed by atoms with Gasteiger partial charge in [0.25, 0.3) is 11.5 Å². The van der Waals surface area contributed by atoms with E-state index in [9.17, 15) is 14.4 Å². The van der Waals surface area contributed by atoms with Crippen molar-refractivity contribution in [2.75, 3.05) is 5.32 Å². The number of para-hydroxylation sites is 1. The highest BCUT2D eigenvalue weighted by Crippen LogP contribution is 2.16. The maximum atomic E-state index is 12.7. The fourth-order valence-corrected chi connectivity index (χ4v) is 3.10. The number of nitrogens with zero attached hydrogens (tertiary/aromatic N) is 3. The van der Waals surface area contributed by atoms with Crippen LogP contribution in [0.4, 0.5) is 5.69 Å². The fraction of sp³-hybridized carbons (Fsp3) is 0.0476. The van der Waals surface area contributed by atoms with Gasteiger partial charge in [-0.1, -0.05) is 29.8 Å². The summed E-state index contributed by atoms with van der Waals surface area (Å²) in [5.41, 5.74) is 0.478. The Labute approximate surface area is 169 Å². The van der Waals surface area contributed by atoms with Crippen LogP contribution in [0.25, 0.3) is 16.7 Å². The Morgan fingerprint density at radius 2 is 1.72 bits per heavy atom. The van der Waals surface area contributed by atoms with E-state index in [1.165, 1.54) is 23.9 Å². The smallest absolute Gasteiger partial charge is 0.322 e. The second-order valence-electron chi connectivity index (χ2n) is 6.37. The van der Waals surface area contributed by atoms with E-state index in [-0.39, 0.29) is 16.6 Å². The van der Waals surface area contributed by atoms with Gasteiger partial charge >= 0.3 is 5.69 Å². The van der Waals surface area contributed by atoms with E-state index < -0.39 is 17.2 Å². The molecule has 0 saturated carbocycles. The molecule has 0 spiro atoms. The summed E-state index contributed by atoms with van der Waals surface area (Å²) in [5, 5.41) is 3.45. The summed E-state index contributed by atoms with van der Waals surface area (Å²) in [6.45, 7) is 0. The Balaban J connectivity index is 1.84.